The predicted molar refractivity (Wildman–Crippen MR) is 172 cm³/mol. The number of nitrogens with zero attached hydrogens (tertiary/aromatic N) is 3. The first-order valence-corrected chi connectivity index (χ1v) is 16.7. The maximum absolute atomic E-state index is 13.2. The molecular weight excluding hydrogens is 558 g/mol. The van der Waals surface area contributed by atoms with Gasteiger partial charge in [0.05, 0.1) is 0 Å². The van der Waals surface area contributed by atoms with Crippen LogP contribution in [0.15, 0.2) is 30.3 Å². The van der Waals surface area contributed by atoms with Crippen molar-refractivity contribution in [1.82, 2.24) is 14.7 Å². The smallest absolute Gasteiger partial charge is 0.410 e. The number of amides is 3. The first-order valence-electron chi connectivity index (χ1n) is 16.7. The van der Waals surface area contributed by atoms with E-state index in [4.69, 9.17) is 14.2 Å². The number of carbonyl (C=O) groups is 3. The molecule has 0 spiro atoms. The Morgan fingerprint density at radius 3 is 1.68 bits per heavy atom. The van der Waals surface area contributed by atoms with Crippen LogP contribution in [0.5, 0.6) is 0 Å². The third kappa shape index (κ3) is 13.3. The van der Waals surface area contributed by atoms with Crippen LogP contribution in [0.25, 0.3) is 0 Å². The van der Waals surface area contributed by atoms with Gasteiger partial charge in [0.1, 0.15) is 17.8 Å². The highest BCUT2D eigenvalue weighted by Gasteiger charge is 2.29. The van der Waals surface area contributed by atoms with Gasteiger partial charge in [0.15, 0.2) is 0 Å². The Hall–Kier alpha value is -2.97. The van der Waals surface area contributed by atoms with Crippen LogP contribution in [-0.4, -0.2) is 83.5 Å². The summed E-state index contributed by atoms with van der Waals surface area (Å²) in [6.07, 6.45) is 8.34. The lowest BCUT2D eigenvalue weighted by atomic mass is 9.89. The lowest BCUT2D eigenvalue weighted by molar-refractivity contribution is 0.0155. The Kier molecular flexibility index (Phi) is 13.7. The van der Waals surface area contributed by atoms with Crippen LogP contribution in [-0.2, 0) is 20.8 Å². The SMILES string of the molecule is CC(C)(C)OC(=O)N(CCCCN(CC1CCN(C(=O)OCc2ccccc2)CC1)C(=O)OC(C)(C)C)CC1CCCCC1. The van der Waals surface area contributed by atoms with Crippen molar-refractivity contribution in [2.24, 2.45) is 11.8 Å². The first-order chi connectivity index (χ1) is 20.8. The van der Waals surface area contributed by atoms with Crippen molar-refractivity contribution in [3.63, 3.8) is 0 Å². The fourth-order valence-corrected chi connectivity index (χ4v) is 5.87. The topological polar surface area (TPSA) is 88.6 Å². The van der Waals surface area contributed by atoms with Crippen molar-refractivity contribution in [1.29, 1.82) is 0 Å². The van der Waals surface area contributed by atoms with Gasteiger partial charge in [-0.25, -0.2) is 14.4 Å². The highest BCUT2D eigenvalue weighted by atomic mass is 16.6. The van der Waals surface area contributed by atoms with Gasteiger partial charge >= 0.3 is 18.3 Å². The molecule has 44 heavy (non-hydrogen) atoms. The van der Waals surface area contributed by atoms with Gasteiger partial charge < -0.3 is 28.9 Å². The summed E-state index contributed by atoms with van der Waals surface area (Å²) < 4.78 is 17.0. The zero-order chi connectivity index (χ0) is 32.2. The Labute approximate surface area is 265 Å². The molecule has 0 unspecified atom stereocenters. The second kappa shape index (κ2) is 16.9. The molecule has 0 aromatic heterocycles. The largest absolute Gasteiger partial charge is 0.445 e. The van der Waals surface area contributed by atoms with Gasteiger partial charge in [0.2, 0.25) is 0 Å². The second-order valence-corrected chi connectivity index (χ2v) is 14.5. The number of benzene rings is 1. The highest BCUT2D eigenvalue weighted by molar-refractivity contribution is 5.69. The number of hydrogen-bond acceptors (Lipinski definition) is 6. The molecule has 1 aromatic carbocycles. The number of ether oxygens (including phenoxy) is 3. The molecule has 9 heteroatoms. The van der Waals surface area contributed by atoms with E-state index in [1.54, 1.807) is 4.90 Å². The summed E-state index contributed by atoms with van der Waals surface area (Å²) in [5, 5.41) is 0. The van der Waals surface area contributed by atoms with Crippen LogP contribution in [0, 0.1) is 11.8 Å². The molecule has 0 radical (unpaired) electrons. The van der Waals surface area contributed by atoms with E-state index in [1.807, 2.05) is 81.7 Å². The van der Waals surface area contributed by atoms with Crippen LogP contribution in [0.3, 0.4) is 0 Å². The maximum Gasteiger partial charge on any atom is 0.410 e. The third-order valence-corrected chi connectivity index (χ3v) is 8.17. The summed E-state index contributed by atoms with van der Waals surface area (Å²) in [6, 6.07) is 9.68. The number of hydrogen-bond donors (Lipinski definition) is 0. The molecule has 3 amide bonds. The minimum Gasteiger partial charge on any atom is -0.445 e. The number of carbonyl (C=O) groups excluding carboxylic acids is 3. The Balaban J connectivity index is 1.51. The van der Waals surface area contributed by atoms with Gasteiger partial charge in [-0.1, -0.05) is 49.6 Å². The van der Waals surface area contributed by atoms with Crippen LogP contribution in [0.2, 0.25) is 0 Å². The quantitative estimate of drug-likeness (QED) is 0.186. The summed E-state index contributed by atoms with van der Waals surface area (Å²) in [7, 11) is 0. The van der Waals surface area contributed by atoms with E-state index < -0.39 is 11.2 Å². The normalized spacial score (nSPS) is 16.7. The van der Waals surface area contributed by atoms with Crippen LogP contribution >= 0.6 is 0 Å². The molecule has 248 valence electrons. The molecule has 0 atom stereocenters. The molecule has 1 saturated heterocycles. The van der Waals surface area contributed by atoms with Crippen LogP contribution < -0.4 is 0 Å². The Bertz CT molecular complexity index is 1020. The first kappa shape index (κ1) is 35.5. The number of likely N-dealkylation sites (tertiary alicyclic amines) is 1. The third-order valence-electron chi connectivity index (χ3n) is 8.17. The van der Waals surface area contributed by atoms with E-state index in [-0.39, 0.29) is 30.8 Å². The number of rotatable bonds is 11. The average molecular weight is 616 g/mol. The van der Waals surface area contributed by atoms with Gasteiger partial charge in [0.25, 0.3) is 0 Å². The van der Waals surface area contributed by atoms with Gasteiger partial charge in [-0.2, -0.15) is 0 Å². The molecule has 1 aliphatic heterocycles. The van der Waals surface area contributed by atoms with Crippen molar-refractivity contribution in [2.45, 2.75) is 117 Å². The van der Waals surface area contributed by atoms with Gasteiger partial charge in [-0.15, -0.1) is 0 Å². The lowest BCUT2D eigenvalue weighted by Crippen LogP contribution is -2.45. The van der Waals surface area contributed by atoms with Crippen LogP contribution in [0.4, 0.5) is 14.4 Å². The summed E-state index contributed by atoms with van der Waals surface area (Å²) >= 11 is 0. The monoisotopic (exact) mass is 615 g/mol. The van der Waals surface area contributed by atoms with E-state index in [0.717, 1.165) is 50.6 Å². The van der Waals surface area contributed by atoms with Gasteiger partial charge in [-0.05, 0) is 97.5 Å². The maximum atomic E-state index is 13.2. The summed E-state index contributed by atoms with van der Waals surface area (Å²) in [6.45, 7) is 15.3. The molecule has 1 aliphatic carbocycles. The van der Waals surface area contributed by atoms with Crippen LogP contribution in [0.1, 0.15) is 105 Å². The lowest BCUT2D eigenvalue weighted by Gasteiger charge is -2.35. The minimum atomic E-state index is -0.589. The highest BCUT2D eigenvalue weighted by Crippen LogP contribution is 2.26. The molecule has 1 aromatic rings. The van der Waals surface area contributed by atoms with Crippen molar-refractivity contribution in [3.8, 4) is 0 Å². The molecule has 1 heterocycles. The summed E-state index contributed by atoms with van der Waals surface area (Å²) in [5.41, 5.74) is -0.162. The standard InChI is InChI=1S/C35H57N3O6/c1-34(2,3)43-32(40)37(25-28-15-9-7-10-16-28)21-13-14-22-38(33(41)44-35(4,5)6)26-29-19-23-36(24-20-29)31(39)42-27-30-17-11-8-12-18-30/h8,11-12,17-18,28-29H,7,9-10,13-16,19-27H2,1-6H3. The van der Waals surface area contributed by atoms with E-state index in [2.05, 4.69) is 0 Å². The predicted octanol–water partition coefficient (Wildman–Crippen LogP) is 7.87. The fourth-order valence-electron chi connectivity index (χ4n) is 5.87. The molecule has 3 rings (SSSR count). The summed E-state index contributed by atoms with van der Waals surface area (Å²) in [4.78, 5) is 44.4. The van der Waals surface area contributed by atoms with Gasteiger partial charge in [0, 0.05) is 39.3 Å². The molecule has 2 fully saturated rings. The zero-order valence-corrected chi connectivity index (χ0v) is 28.1. The van der Waals surface area contributed by atoms with Crippen molar-refractivity contribution in [3.05, 3.63) is 35.9 Å². The molecule has 9 nitrogen and oxygen atoms in total. The molecule has 0 bridgehead atoms. The van der Waals surface area contributed by atoms with E-state index in [1.165, 1.54) is 19.3 Å². The van der Waals surface area contributed by atoms with Crippen molar-refractivity contribution in [2.75, 3.05) is 39.3 Å². The fraction of sp³-hybridized carbons (Fsp3) is 0.743. The molecule has 2 aliphatic rings. The van der Waals surface area contributed by atoms with Crippen molar-refractivity contribution >= 4 is 18.3 Å². The molecule has 0 N–H and O–H groups in total. The number of unbranched alkanes of at least 4 members (excludes halogenated alkanes) is 1. The van der Waals surface area contributed by atoms with Gasteiger partial charge in [-0.3, -0.25) is 0 Å². The molecule has 1 saturated carbocycles. The Morgan fingerprint density at radius 2 is 1.20 bits per heavy atom. The average Bonchev–Trinajstić information content (AvgIpc) is 2.96. The number of piperidine rings is 1. The van der Waals surface area contributed by atoms with E-state index >= 15 is 0 Å². The zero-order valence-electron chi connectivity index (χ0n) is 28.1. The second-order valence-electron chi connectivity index (χ2n) is 14.5. The van der Waals surface area contributed by atoms with Crippen molar-refractivity contribution < 1.29 is 28.6 Å². The van der Waals surface area contributed by atoms with E-state index in [0.29, 0.717) is 38.6 Å². The Morgan fingerprint density at radius 1 is 0.727 bits per heavy atom. The summed E-state index contributed by atoms with van der Waals surface area (Å²) in [5.74, 6) is 0.793. The van der Waals surface area contributed by atoms with E-state index in [9.17, 15) is 14.4 Å². The minimum absolute atomic E-state index is 0.249. The molecular formula is C35H57N3O6.